The van der Waals surface area contributed by atoms with Crippen LogP contribution in [-0.2, 0) is 11.3 Å². The predicted molar refractivity (Wildman–Crippen MR) is 83.3 cm³/mol. The summed E-state index contributed by atoms with van der Waals surface area (Å²) in [5, 5.41) is 2.79. The normalized spacial score (nSPS) is 10.3. The third kappa shape index (κ3) is 4.75. The maximum atomic E-state index is 11.8. The zero-order chi connectivity index (χ0) is 15.1. The molecule has 0 bridgehead atoms. The van der Waals surface area contributed by atoms with Gasteiger partial charge in [-0.2, -0.15) is 0 Å². The molecule has 0 aliphatic carbocycles. The van der Waals surface area contributed by atoms with Crippen LogP contribution in [0.1, 0.15) is 12.7 Å². The molecule has 0 spiro atoms. The number of ether oxygens (including phenoxy) is 1. The maximum Gasteiger partial charge on any atom is 0.230 e. The van der Waals surface area contributed by atoms with E-state index >= 15 is 0 Å². The monoisotopic (exact) mass is 306 g/mol. The Labute approximate surface area is 127 Å². The number of thioether (sulfide) groups is 1. The molecule has 0 saturated heterocycles. The summed E-state index contributed by atoms with van der Waals surface area (Å²) < 4.78 is 10.6. The fourth-order valence-electron chi connectivity index (χ4n) is 1.69. The summed E-state index contributed by atoms with van der Waals surface area (Å²) in [7, 11) is 0. The molecule has 1 aromatic carbocycles. The van der Waals surface area contributed by atoms with Crippen LogP contribution in [0.5, 0.6) is 5.75 Å². The van der Waals surface area contributed by atoms with Crippen molar-refractivity contribution < 1.29 is 13.9 Å². The van der Waals surface area contributed by atoms with Crippen LogP contribution in [0.15, 0.2) is 45.9 Å². The van der Waals surface area contributed by atoms with Crippen LogP contribution in [0.4, 0.5) is 5.69 Å². The van der Waals surface area contributed by atoms with Crippen molar-refractivity contribution in [3.8, 4) is 5.75 Å². The molecule has 1 amide bonds. The Morgan fingerprint density at radius 2 is 2.29 bits per heavy atom. The fraction of sp³-hybridized carbons (Fsp3) is 0.267. The van der Waals surface area contributed by atoms with Crippen molar-refractivity contribution in [1.82, 2.24) is 5.32 Å². The van der Waals surface area contributed by atoms with Gasteiger partial charge in [-0.05, 0) is 37.3 Å². The number of hydrogen-bond donors (Lipinski definition) is 2. The predicted octanol–water partition coefficient (Wildman–Crippen LogP) is 2.67. The fourth-order valence-corrected chi connectivity index (χ4v) is 2.51. The van der Waals surface area contributed by atoms with Crippen LogP contribution in [0.2, 0.25) is 0 Å². The minimum Gasteiger partial charge on any atom is -0.494 e. The summed E-state index contributed by atoms with van der Waals surface area (Å²) in [5.41, 5.74) is 6.54. The van der Waals surface area contributed by atoms with E-state index in [2.05, 4.69) is 5.32 Å². The molecule has 0 fully saturated rings. The number of furan rings is 1. The molecule has 112 valence electrons. The lowest BCUT2D eigenvalue weighted by Gasteiger charge is -2.09. The molecular formula is C15H18N2O3S. The van der Waals surface area contributed by atoms with Gasteiger partial charge >= 0.3 is 0 Å². The number of carbonyl (C=O) groups is 1. The third-order valence-corrected chi connectivity index (χ3v) is 3.77. The van der Waals surface area contributed by atoms with Gasteiger partial charge in [0.25, 0.3) is 0 Å². The van der Waals surface area contributed by atoms with Gasteiger partial charge in [0.05, 0.1) is 25.2 Å². The van der Waals surface area contributed by atoms with Crippen molar-refractivity contribution in [2.75, 3.05) is 18.1 Å². The molecule has 0 atom stereocenters. The number of nitrogens with two attached hydrogens (primary N) is 1. The van der Waals surface area contributed by atoms with Gasteiger partial charge < -0.3 is 20.2 Å². The van der Waals surface area contributed by atoms with E-state index in [0.717, 1.165) is 16.4 Å². The zero-order valence-corrected chi connectivity index (χ0v) is 12.6. The number of benzene rings is 1. The van der Waals surface area contributed by atoms with Crippen LogP contribution in [0.25, 0.3) is 0 Å². The van der Waals surface area contributed by atoms with Crippen LogP contribution in [0, 0.1) is 0 Å². The van der Waals surface area contributed by atoms with E-state index in [1.54, 1.807) is 18.4 Å². The van der Waals surface area contributed by atoms with Gasteiger partial charge in [0, 0.05) is 10.6 Å². The highest BCUT2D eigenvalue weighted by molar-refractivity contribution is 8.00. The van der Waals surface area contributed by atoms with Crippen LogP contribution >= 0.6 is 11.8 Å². The summed E-state index contributed by atoms with van der Waals surface area (Å²) in [5.74, 6) is 1.70. The first-order chi connectivity index (χ1) is 10.2. The summed E-state index contributed by atoms with van der Waals surface area (Å²) >= 11 is 1.38. The maximum absolute atomic E-state index is 11.8. The van der Waals surface area contributed by atoms with E-state index in [1.165, 1.54) is 11.8 Å². The molecule has 6 heteroatoms. The van der Waals surface area contributed by atoms with Crippen LogP contribution in [-0.4, -0.2) is 18.3 Å². The Morgan fingerprint density at radius 3 is 3.00 bits per heavy atom. The number of nitrogen functional groups attached to an aromatic ring is 1. The lowest BCUT2D eigenvalue weighted by atomic mass is 10.3. The first-order valence-electron chi connectivity index (χ1n) is 6.63. The molecule has 21 heavy (non-hydrogen) atoms. The second-order valence-corrected chi connectivity index (χ2v) is 5.29. The highest BCUT2D eigenvalue weighted by Gasteiger charge is 2.07. The number of hydrogen-bond acceptors (Lipinski definition) is 5. The number of rotatable bonds is 7. The molecular weight excluding hydrogens is 288 g/mol. The van der Waals surface area contributed by atoms with Crippen molar-refractivity contribution in [2.45, 2.75) is 18.4 Å². The molecule has 0 aliphatic rings. The molecule has 2 aromatic rings. The van der Waals surface area contributed by atoms with Gasteiger partial charge in [0.2, 0.25) is 5.91 Å². The Bertz CT molecular complexity index is 585. The zero-order valence-electron chi connectivity index (χ0n) is 11.8. The summed E-state index contributed by atoms with van der Waals surface area (Å²) in [4.78, 5) is 12.6. The number of nitrogens with one attached hydrogen (secondary N) is 1. The number of anilines is 1. The van der Waals surface area contributed by atoms with Gasteiger partial charge in [-0.25, -0.2) is 0 Å². The smallest absolute Gasteiger partial charge is 0.230 e. The summed E-state index contributed by atoms with van der Waals surface area (Å²) in [6.07, 6.45) is 1.58. The van der Waals surface area contributed by atoms with E-state index < -0.39 is 0 Å². The average molecular weight is 306 g/mol. The Hall–Kier alpha value is -2.08. The van der Waals surface area contributed by atoms with Crippen molar-refractivity contribution in [2.24, 2.45) is 0 Å². The van der Waals surface area contributed by atoms with E-state index in [0.29, 0.717) is 24.6 Å². The first kappa shape index (κ1) is 15.3. The molecule has 3 N–H and O–H groups in total. The molecule has 5 nitrogen and oxygen atoms in total. The Kier molecular flexibility index (Phi) is 5.57. The van der Waals surface area contributed by atoms with Crippen molar-refractivity contribution in [1.29, 1.82) is 0 Å². The van der Waals surface area contributed by atoms with Crippen LogP contribution < -0.4 is 15.8 Å². The second kappa shape index (κ2) is 7.64. The Balaban J connectivity index is 1.84. The van der Waals surface area contributed by atoms with Gasteiger partial charge in [-0.3, -0.25) is 4.79 Å². The van der Waals surface area contributed by atoms with Gasteiger partial charge in [-0.15, -0.1) is 11.8 Å². The van der Waals surface area contributed by atoms with E-state index in [-0.39, 0.29) is 5.91 Å². The summed E-state index contributed by atoms with van der Waals surface area (Å²) in [6, 6.07) is 9.06. The Morgan fingerprint density at radius 1 is 1.43 bits per heavy atom. The molecule has 1 heterocycles. The third-order valence-electron chi connectivity index (χ3n) is 2.69. The molecule has 2 rings (SSSR count). The first-order valence-corrected chi connectivity index (χ1v) is 7.61. The van der Waals surface area contributed by atoms with Gasteiger partial charge in [0.15, 0.2) is 0 Å². The van der Waals surface area contributed by atoms with Gasteiger partial charge in [-0.1, -0.05) is 0 Å². The lowest BCUT2D eigenvalue weighted by Crippen LogP contribution is -2.24. The molecule has 0 aliphatic heterocycles. The molecule has 0 radical (unpaired) electrons. The van der Waals surface area contributed by atoms with E-state index in [9.17, 15) is 4.79 Å². The quantitative estimate of drug-likeness (QED) is 0.607. The standard InChI is InChI=1S/C15H18N2O3S/c1-2-19-11-5-6-13(16)14(8-11)21-10-15(18)17-9-12-4-3-7-20-12/h3-8H,2,9-10,16H2,1H3,(H,17,18). The van der Waals surface area contributed by atoms with E-state index in [1.807, 2.05) is 25.1 Å². The largest absolute Gasteiger partial charge is 0.494 e. The molecule has 1 aromatic heterocycles. The highest BCUT2D eigenvalue weighted by Crippen LogP contribution is 2.29. The van der Waals surface area contributed by atoms with Crippen molar-refractivity contribution >= 4 is 23.4 Å². The average Bonchev–Trinajstić information content (AvgIpc) is 2.99. The molecule has 0 unspecified atom stereocenters. The second-order valence-electron chi connectivity index (χ2n) is 4.28. The minimum atomic E-state index is -0.0717. The van der Waals surface area contributed by atoms with Gasteiger partial charge in [0.1, 0.15) is 11.5 Å². The SMILES string of the molecule is CCOc1ccc(N)c(SCC(=O)NCc2ccco2)c1. The number of amides is 1. The number of carbonyl (C=O) groups excluding carboxylic acids is 1. The highest BCUT2D eigenvalue weighted by atomic mass is 32.2. The van der Waals surface area contributed by atoms with Crippen molar-refractivity contribution in [3.63, 3.8) is 0 Å². The van der Waals surface area contributed by atoms with Crippen molar-refractivity contribution in [3.05, 3.63) is 42.4 Å². The minimum absolute atomic E-state index is 0.0717. The summed E-state index contributed by atoms with van der Waals surface area (Å²) in [6.45, 7) is 2.91. The van der Waals surface area contributed by atoms with E-state index in [4.69, 9.17) is 14.9 Å². The lowest BCUT2D eigenvalue weighted by molar-refractivity contribution is -0.118. The topological polar surface area (TPSA) is 77.5 Å². The molecule has 0 saturated carbocycles. The van der Waals surface area contributed by atoms with Crippen LogP contribution in [0.3, 0.4) is 0 Å².